The van der Waals surface area contributed by atoms with Crippen molar-refractivity contribution in [1.29, 1.82) is 0 Å². The van der Waals surface area contributed by atoms with Crippen LogP contribution in [-0.2, 0) is 19.6 Å². The van der Waals surface area contributed by atoms with Crippen molar-refractivity contribution in [3.63, 3.8) is 0 Å². The van der Waals surface area contributed by atoms with Crippen LogP contribution in [0.25, 0.3) is 0 Å². The summed E-state index contributed by atoms with van der Waals surface area (Å²) in [6.07, 6.45) is 1.20. The molecular formula is C10H19NO5S. The fraction of sp³-hybridized carbons (Fsp3) is 0.900. The van der Waals surface area contributed by atoms with Gasteiger partial charge in [-0.3, -0.25) is 4.79 Å². The lowest BCUT2D eigenvalue weighted by molar-refractivity contribution is -0.154. The highest BCUT2D eigenvalue weighted by atomic mass is 32.2. The summed E-state index contributed by atoms with van der Waals surface area (Å²) in [6, 6.07) is 0. The molecule has 1 heterocycles. The highest BCUT2D eigenvalue weighted by Gasteiger charge is 2.40. The summed E-state index contributed by atoms with van der Waals surface area (Å²) in [6.45, 7) is 2.44. The molecule has 2 N–H and O–H groups in total. The van der Waals surface area contributed by atoms with Crippen LogP contribution in [0.1, 0.15) is 26.2 Å². The summed E-state index contributed by atoms with van der Waals surface area (Å²) in [5.41, 5.74) is -1.01. The van der Waals surface area contributed by atoms with Gasteiger partial charge in [-0.05, 0) is 19.3 Å². The van der Waals surface area contributed by atoms with E-state index in [1.54, 1.807) is 6.92 Å². The normalized spacial score (nSPS) is 20.1. The minimum absolute atomic E-state index is 0.0270. The molecule has 0 aliphatic carbocycles. The maximum Gasteiger partial charge on any atom is 0.311 e. The van der Waals surface area contributed by atoms with Gasteiger partial charge in [0.1, 0.15) is 0 Å². The second-order valence-electron chi connectivity index (χ2n) is 4.34. The molecule has 0 spiro atoms. The van der Waals surface area contributed by atoms with Crippen molar-refractivity contribution in [3.8, 4) is 0 Å². The Morgan fingerprint density at radius 1 is 1.41 bits per heavy atom. The van der Waals surface area contributed by atoms with Crippen LogP contribution in [0.2, 0.25) is 0 Å². The summed E-state index contributed by atoms with van der Waals surface area (Å²) < 4.78 is 30.5. The van der Waals surface area contributed by atoms with Crippen molar-refractivity contribution in [3.05, 3.63) is 0 Å². The van der Waals surface area contributed by atoms with Gasteiger partial charge in [0.15, 0.2) is 0 Å². The van der Waals surface area contributed by atoms with Crippen LogP contribution in [-0.4, -0.2) is 45.0 Å². The number of nitrogens with one attached hydrogen (secondary N) is 1. The minimum Gasteiger partial charge on any atom is -0.481 e. The second-order valence-corrected chi connectivity index (χ2v) is 6.26. The van der Waals surface area contributed by atoms with Crippen LogP contribution < -0.4 is 4.72 Å². The van der Waals surface area contributed by atoms with Gasteiger partial charge in [0, 0.05) is 19.8 Å². The zero-order valence-electron chi connectivity index (χ0n) is 9.94. The van der Waals surface area contributed by atoms with E-state index in [1.165, 1.54) is 0 Å². The van der Waals surface area contributed by atoms with E-state index in [0.29, 0.717) is 32.5 Å². The summed E-state index contributed by atoms with van der Waals surface area (Å²) >= 11 is 0. The summed E-state index contributed by atoms with van der Waals surface area (Å²) in [7, 11) is -3.36. The van der Waals surface area contributed by atoms with Gasteiger partial charge >= 0.3 is 5.97 Å². The molecule has 7 heteroatoms. The first kappa shape index (κ1) is 14.4. The Balaban J connectivity index is 2.65. The van der Waals surface area contributed by atoms with Crippen LogP contribution >= 0.6 is 0 Å². The number of hydrogen-bond donors (Lipinski definition) is 2. The molecular weight excluding hydrogens is 246 g/mol. The second kappa shape index (κ2) is 5.79. The lowest BCUT2D eigenvalue weighted by Gasteiger charge is -2.33. The first-order chi connectivity index (χ1) is 7.92. The van der Waals surface area contributed by atoms with E-state index in [-0.39, 0.29) is 12.3 Å². The van der Waals surface area contributed by atoms with Crippen molar-refractivity contribution in [2.24, 2.45) is 5.41 Å². The highest BCUT2D eigenvalue weighted by Crippen LogP contribution is 2.30. The third-order valence-corrected chi connectivity index (χ3v) is 4.54. The minimum atomic E-state index is -3.36. The van der Waals surface area contributed by atoms with Crippen LogP contribution in [0.3, 0.4) is 0 Å². The highest BCUT2D eigenvalue weighted by molar-refractivity contribution is 7.89. The molecule has 0 saturated carbocycles. The Hall–Kier alpha value is -0.660. The summed E-state index contributed by atoms with van der Waals surface area (Å²) in [5.74, 6) is -0.931. The number of carboxylic acid groups (broad SMARTS) is 1. The van der Waals surface area contributed by atoms with Crippen molar-refractivity contribution < 1.29 is 23.1 Å². The zero-order chi connectivity index (χ0) is 12.9. The molecule has 0 unspecified atom stereocenters. The van der Waals surface area contributed by atoms with E-state index >= 15 is 0 Å². The quantitative estimate of drug-likeness (QED) is 0.715. The molecule has 0 aromatic rings. The molecule has 0 radical (unpaired) electrons. The van der Waals surface area contributed by atoms with Crippen LogP contribution in [0.5, 0.6) is 0 Å². The molecule has 1 aliphatic heterocycles. The molecule has 0 aromatic carbocycles. The molecule has 17 heavy (non-hydrogen) atoms. The van der Waals surface area contributed by atoms with Crippen LogP contribution in [0, 0.1) is 5.41 Å². The molecule has 100 valence electrons. The summed E-state index contributed by atoms with van der Waals surface area (Å²) in [5, 5.41) is 9.23. The molecule has 0 aromatic heterocycles. The fourth-order valence-corrected chi connectivity index (χ4v) is 3.00. The summed E-state index contributed by atoms with van der Waals surface area (Å²) in [4.78, 5) is 11.3. The van der Waals surface area contributed by atoms with E-state index < -0.39 is 21.4 Å². The Morgan fingerprint density at radius 2 is 2.00 bits per heavy atom. The maximum absolute atomic E-state index is 11.5. The molecule has 1 rings (SSSR count). The molecule has 6 nitrogen and oxygen atoms in total. The molecule has 0 amide bonds. The predicted octanol–water partition coefficient (Wildman–Crippen LogP) is 0.197. The number of hydrogen-bond acceptors (Lipinski definition) is 4. The van der Waals surface area contributed by atoms with Gasteiger partial charge in [0.05, 0.1) is 11.2 Å². The van der Waals surface area contributed by atoms with Gasteiger partial charge in [-0.1, -0.05) is 6.92 Å². The van der Waals surface area contributed by atoms with E-state index in [4.69, 9.17) is 4.74 Å². The topological polar surface area (TPSA) is 92.7 Å². The molecule has 0 bridgehead atoms. The third kappa shape index (κ3) is 3.93. The number of ether oxygens (including phenoxy) is 1. The first-order valence-electron chi connectivity index (χ1n) is 5.70. The smallest absolute Gasteiger partial charge is 0.311 e. The SMILES string of the molecule is CCCS(=O)(=O)NCC1(C(=O)O)CCOCC1. The number of carboxylic acids is 1. The van der Waals surface area contributed by atoms with Crippen molar-refractivity contribution >= 4 is 16.0 Å². The van der Waals surface area contributed by atoms with Gasteiger partial charge < -0.3 is 9.84 Å². The Labute approximate surface area is 101 Å². The lowest BCUT2D eigenvalue weighted by atomic mass is 9.80. The molecule has 1 saturated heterocycles. The Bertz CT molecular complexity index is 359. The third-order valence-electron chi connectivity index (χ3n) is 3.01. The van der Waals surface area contributed by atoms with Gasteiger partial charge in [-0.25, -0.2) is 13.1 Å². The zero-order valence-corrected chi connectivity index (χ0v) is 10.8. The van der Waals surface area contributed by atoms with Gasteiger partial charge in [-0.2, -0.15) is 0 Å². The number of carbonyl (C=O) groups is 1. The van der Waals surface area contributed by atoms with Gasteiger partial charge in [-0.15, -0.1) is 0 Å². The number of rotatable bonds is 6. The van der Waals surface area contributed by atoms with Crippen molar-refractivity contribution in [2.75, 3.05) is 25.5 Å². The van der Waals surface area contributed by atoms with Gasteiger partial charge in [0.2, 0.25) is 10.0 Å². The average molecular weight is 265 g/mol. The first-order valence-corrected chi connectivity index (χ1v) is 7.35. The largest absolute Gasteiger partial charge is 0.481 e. The number of aliphatic carboxylic acids is 1. The van der Waals surface area contributed by atoms with E-state index in [0.717, 1.165) is 0 Å². The van der Waals surface area contributed by atoms with E-state index in [1.807, 2.05) is 0 Å². The van der Waals surface area contributed by atoms with E-state index in [2.05, 4.69) is 4.72 Å². The van der Waals surface area contributed by atoms with E-state index in [9.17, 15) is 18.3 Å². The monoisotopic (exact) mass is 265 g/mol. The molecule has 0 atom stereocenters. The predicted molar refractivity (Wildman–Crippen MR) is 62.2 cm³/mol. The average Bonchev–Trinajstić information content (AvgIpc) is 2.28. The van der Waals surface area contributed by atoms with Crippen molar-refractivity contribution in [2.45, 2.75) is 26.2 Å². The lowest BCUT2D eigenvalue weighted by Crippen LogP contribution is -2.46. The van der Waals surface area contributed by atoms with Crippen molar-refractivity contribution in [1.82, 2.24) is 4.72 Å². The maximum atomic E-state index is 11.5. The van der Waals surface area contributed by atoms with Crippen LogP contribution in [0.4, 0.5) is 0 Å². The number of sulfonamides is 1. The Morgan fingerprint density at radius 3 is 2.47 bits per heavy atom. The Kier molecular flexibility index (Phi) is 4.91. The van der Waals surface area contributed by atoms with Crippen LogP contribution in [0.15, 0.2) is 0 Å². The fourth-order valence-electron chi connectivity index (χ4n) is 1.82. The standard InChI is InChI=1S/C10H19NO5S/c1-2-7-17(14,15)11-8-10(9(12)13)3-5-16-6-4-10/h11H,2-8H2,1H3,(H,12,13). The molecule has 1 aliphatic rings. The van der Waals surface area contributed by atoms with Gasteiger partial charge in [0.25, 0.3) is 0 Å². The molecule has 1 fully saturated rings.